The Morgan fingerprint density at radius 2 is 1.85 bits per heavy atom. The largest absolute Gasteiger partial charge is 0.465 e. The molecule has 2 amide bonds. The summed E-state index contributed by atoms with van der Waals surface area (Å²) in [5.74, 6) is -0.802. The fourth-order valence-corrected chi connectivity index (χ4v) is 2.03. The Hall–Kier alpha value is -2.15. The number of amides is 2. The highest BCUT2D eigenvalue weighted by molar-refractivity contribution is 5.86. The molecule has 20 heavy (non-hydrogen) atoms. The molecule has 0 aromatic heterocycles. The van der Waals surface area contributed by atoms with Crippen LogP contribution in [0.25, 0.3) is 0 Å². The highest BCUT2D eigenvalue weighted by Gasteiger charge is 2.28. The maximum Gasteiger partial charge on any atom is 0.405 e. The molecule has 1 heterocycles. The molecule has 1 aromatic carbocycles. The fraction of sp³-hybridized carbons (Fsp3) is 0.385. The molecule has 0 bridgehead atoms. The van der Waals surface area contributed by atoms with Gasteiger partial charge in [-0.25, -0.2) is 9.18 Å². The van der Waals surface area contributed by atoms with Crippen molar-refractivity contribution < 1.29 is 23.8 Å². The van der Waals surface area contributed by atoms with E-state index in [1.165, 1.54) is 29.2 Å². The van der Waals surface area contributed by atoms with Gasteiger partial charge < -0.3 is 20.1 Å². The van der Waals surface area contributed by atoms with Crippen molar-refractivity contribution >= 4 is 12.0 Å². The molecule has 1 fully saturated rings. The van der Waals surface area contributed by atoms with Gasteiger partial charge in [-0.2, -0.15) is 0 Å². The van der Waals surface area contributed by atoms with Gasteiger partial charge in [-0.3, -0.25) is 4.79 Å². The van der Waals surface area contributed by atoms with Crippen molar-refractivity contribution in [2.45, 2.75) is 6.04 Å². The monoisotopic (exact) mass is 282 g/mol. The molecule has 0 spiro atoms. The molecule has 0 saturated carbocycles. The Kier molecular flexibility index (Phi) is 4.52. The molecule has 1 aliphatic rings. The third kappa shape index (κ3) is 3.45. The lowest BCUT2D eigenvalue weighted by Gasteiger charge is -2.30. The van der Waals surface area contributed by atoms with Crippen LogP contribution in [0, 0.1) is 5.82 Å². The normalized spacial score (nSPS) is 16.6. The highest BCUT2D eigenvalue weighted by Crippen LogP contribution is 2.17. The van der Waals surface area contributed by atoms with Gasteiger partial charge >= 0.3 is 6.09 Å². The van der Waals surface area contributed by atoms with Crippen molar-refractivity contribution in [3.05, 3.63) is 35.6 Å². The Labute approximate surface area is 115 Å². The predicted molar refractivity (Wildman–Crippen MR) is 67.7 cm³/mol. The molecule has 6 nitrogen and oxygen atoms in total. The number of carboxylic acid groups (broad SMARTS) is 1. The first-order valence-electron chi connectivity index (χ1n) is 6.19. The van der Waals surface area contributed by atoms with Crippen molar-refractivity contribution in [3.63, 3.8) is 0 Å². The van der Waals surface area contributed by atoms with E-state index in [9.17, 15) is 14.0 Å². The highest BCUT2D eigenvalue weighted by atomic mass is 19.1. The third-order valence-electron chi connectivity index (χ3n) is 3.04. The van der Waals surface area contributed by atoms with Crippen molar-refractivity contribution in [1.82, 2.24) is 10.2 Å². The van der Waals surface area contributed by atoms with Gasteiger partial charge in [0.25, 0.3) is 0 Å². The molecule has 1 aromatic rings. The number of hydrogen-bond acceptors (Lipinski definition) is 3. The minimum absolute atomic E-state index is 0.359. The molecule has 1 saturated heterocycles. The molecular weight excluding hydrogens is 267 g/mol. The van der Waals surface area contributed by atoms with Crippen LogP contribution >= 0.6 is 0 Å². The molecule has 108 valence electrons. The summed E-state index contributed by atoms with van der Waals surface area (Å²) in [5, 5.41) is 11.0. The molecule has 1 unspecified atom stereocenters. The van der Waals surface area contributed by atoms with Gasteiger partial charge in [-0.1, -0.05) is 12.1 Å². The Morgan fingerprint density at radius 1 is 1.25 bits per heavy atom. The van der Waals surface area contributed by atoms with Crippen LogP contribution in [0.1, 0.15) is 11.6 Å². The van der Waals surface area contributed by atoms with E-state index < -0.39 is 18.0 Å². The average molecular weight is 282 g/mol. The summed E-state index contributed by atoms with van der Waals surface area (Å²) in [6, 6.07) is 4.14. The lowest BCUT2D eigenvalue weighted by molar-refractivity contribution is -0.137. The van der Waals surface area contributed by atoms with E-state index in [-0.39, 0.29) is 5.91 Å². The molecule has 1 aliphatic heterocycles. The summed E-state index contributed by atoms with van der Waals surface area (Å²) in [4.78, 5) is 24.8. The number of rotatable bonds is 3. The molecule has 0 aliphatic carbocycles. The van der Waals surface area contributed by atoms with E-state index in [1.54, 1.807) is 0 Å². The maximum atomic E-state index is 12.9. The Bertz CT molecular complexity index is 486. The molecule has 1 atom stereocenters. The number of morpholine rings is 1. The van der Waals surface area contributed by atoms with Crippen LogP contribution in [-0.2, 0) is 9.53 Å². The summed E-state index contributed by atoms with van der Waals surface area (Å²) < 4.78 is 18.1. The predicted octanol–water partition coefficient (Wildman–Crippen LogP) is 0.993. The van der Waals surface area contributed by atoms with E-state index in [0.29, 0.717) is 31.9 Å². The summed E-state index contributed by atoms with van der Waals surface area (Å²) in [6.45, 7) is 1.68. The van der Waals surface area contributed by atoms with Crippen LogP contribution in [0.3, 0.4) is 0 Å². The van der Waals surface area contributed by atoms with Crippen molar-refractivity contribution in [3.8, 4) is 0 Å². The lowest BCUT2D eigenvalue weighted by atomic mass is 10.1. The second-order valence-corrected chi connectivity index (χ2v) is 4.37. The van der Waals surface area contributed by atoms with Crippen LogP contribution in [-0.4, -0.2) is 48.3 Å². The number of nitrogens with zero attached hydrogens (tertiary/aromatic N) is 1. The van der Waals surface area contributed by atoms with Gasteiger partial charge in [0.15, 0.2) is 0 Å². The fourth-order valence-electron chi connectivity index (χ4n) is 2.03. The van der Waals surface area contributed by atoms with Crippen LogP contribution in [0.4, 0.5) is 9.18 Å². The average Bonchev–Trinajstić information content (AvgIpc) is 2.46. The van der Waals surface area contributed by atoms with Gasteiger partial charge in [0.2, 0.25) is 5.91 Å². The Balaban J connectivity index is 2.19. The minimum Gasteiger partial charge on any atom is -0.465 e. The maximum absolute atomic E-state index is 12.9. The first-order chi connectivity index (χ1) is 9.58. The SMILES string of the molecule is O=C(O)NC(C(=O)N1CCOCC1)c1ccc(F)cc1. The quantitative estimate of drug-likeness (QED) is 0.866. The Morgan fingerprint density at radius 3 is 2.40 bits per heavy atom. The van der Waals surface area contributed by atoms with Gasteiger partial charge in [0, 0.05) is 13.1 Å². The molecule has 2 N–H and O–H groups in total. The third-order valence-corrected chi connectivity index (χ3v) is 3.04. The minimum atomic E-state index is -1.30. The standard InChI is InChI=1S/C13H15FN2O4/c14-10-3-1-9(2-4-10)11(15-13(18)19)12(17)16-5-7-20-8-6-16/h1-4,11,15H,5-8H2,(H,18,19). The van der Waals surface area contributed by atoms with Gasteiger partial charge in [-0.05, 0) is 17.7 Å². The first kappa shape index (κ1) is 14.3. The van der Waals surface area contributed by atoms with Crippen molar-refractivity contribution in [2.24, 2.45) is 0 Å². The molecular formula is C13H15FN2O4. The summed E-state index contributed by atoms with van der Waals surface area (Å²) in [5.41, 5.74) is 0.408. The van der Waals surface area contributed by atoms with Crippen molar-refractivity contribution in [1.29, 1.82) is 0 Å². The number of carbonyl (C=O) groups is 2. The van der Waals surface area contributed by atoms with Crippen LogP contribution < -0.4 is 5.32 Å². The van der Waals surface area contributed by atoms with E-state index in [2.05, 4.69) is 5.32 Å². The number of halogens is 1. The summed E-state index contributed by atoms with van der Waals surface area (Å²) in [7, 11) is 0. The number of hydrogen-bond donors (Lipinski definition) is 2. The second-order valence-electron chi connectivity index (χ2n) is 4.37. The molecule has 7 heteroatoms. The number of benzene rings is 1. The van der Waals surface area contributed by atoms with Gasteiger partial charge in [0.05, 0.1) is 13.2 Å². The topological polar surface area (TPSA) is 78.9 Å². The van der Waals surface area contributed by atoms with Crippen LogP contribution in [0.15, 0.2) is 24.3 Å². The molecule has 0 radical (unpaired) electrons. The first-order valence-corrected chi connectivity index (χ1v) is 6.19. The van der Waals surface area contributed by atoms with E-state index in [0.717, 1.165) is 0 Å². The zero-order valence-corrected chi connectivity index (χ0v) is 10.7. The zero-order valence-electron chi connectivity index (χ0n) is 10.7. The second kappa shape index (κ2) is 6.33. The number of carbonyl (C=O) groups excluding carboxylic acids is 1. The lowest BCUT2D eigenvalue weighted by Crippen LogP contribution is -2.47. The zero-order chi connectivity index (χ0) is 14.5. The van der Waals surface area contributed by atoms with E-state index >= 15 is 0 Å². The van der Waals surface area contributed by atoms with Gasteiger partial charge in [-0.15, -0.1) is 0 Å². The smallest absolute Gasteiger partial charge is 0.405 e. The van der Waals surface area contributed by atoms with Crippen molar-refractivity contribution in [2.75, 3.05) is 26.3 Å². The van der Waals surface area contributed by atoms with E-state index in [1.807, 2.05) is 0 Å². The number of ether oxygens (including phenoxy) is 1. The van der Waals surface area contributed by atoms with Crippen LogP contribution in [0.2, 0.25) is 0 Å². The molecule has 2 rings (SSSR count). The van der Waals surface area contributed by atoms with Gasteiger partial charge in [0.1, 0.15) is 11.9 Å². The van der Waals surface area contributed by atoms with E-state index in [4.69, 9.17) is 9.84 Å². The number of nitrogens with one attached hydrogen (secondary N) is 1. The summed E-state index contributed by atoms with van der Waals surface area (Å²) in [6.07, 6.45) is -1.30. The summed E-state index contributed by atoms with van der Waals surface area (Å²) >= 11 is 0. The van der Waals surface area contributed by atoms with Crippen LogP contribution in [0.5, 0.6) is 0 Å².